The molecule has 2 aliphatic carbocycles. The zero-order valence-electron chi connectivity index (χ0n) is 21.3. The van der Waals surface area contributed by atoms with Gasteiger partial charge in [0.2, 0.25) is 0 Å². The highest BCUT2D eigenvalue weighted by Crippen LogP contribution is 2.51. The number of aliphatic carboxylic acids is 1. The van der Waals surface area contributed by atoms with Gasteiger partial charge in [-0.05, 0) is 77.6 Å². The summed E-state index contributed by atoms with van der Waals surface area (Å²) in [5.41, 5.74) is -0.0536. The minimum atomic E-state index is -0.803. The first-order valence-corrected chi connectivity index (χ1v) is 12.0. The molecule has 0 aromatic carbocycles. The molecular weight excluding hydrogens is 400 g/mol. The van der Waals surface area contributed by atoms with Crippen molar-refractivity contribution in [3.63, 3.8) is 0 Å². The van der Waals surface area contributed by atoms with Crippen LogP contribution >= 0.6 is 0 Å². The van der Waals surface area contributed by atoms with Crippen LogP contribution in [0, 0.1) is 51.8 Å². The lowest BCUT2D eigenvalue weighted by molar-refractivity contribution is -0.153. The van der Waals surface area contributed by atoms with Crippen LogP contribution in [0.15, 0.2) is 23.8 Å². The van der Waals surface area contributed by atoms with E-state index in [-0.39, 0.29) is 28.8 Å². The van der Waals surface area contributed by atoms with Gasteiger partial charge in [-0.25, -0.2) is 0 Å². The molecule has 2 aliphatic rings. The summed E-state index contributed by atoms with van der Waals surface area (Å²) >= 11 is 0. The number of carbonyl (C=O) groups is 1. The topological polar surface area (TPSA) is 77.8 Å². The lowest BCUT2D eigenvalue weighted by Crippen LogP contribution is -2.39. The van der Waals surface area contributed by atoms with Crippen LogP contribution in [0.1, 0.15) is 81.1 Å². The molecule has 180 valence electrons. The number of aliphatic hydroxyl groups is 2. The van der Waals surface area contributed by atoms with Gasteiger partial charge >= 0.3 is 5.97 Å². The van der Waals surface area contributed by atoms with Gasteiger partial charge in [-0.2, -0.15) is 0 Å². The van der Waals surface area contributed by atoms with E-state index in [1.54, 1.807) is 13.8 Å². The highest BCUT2D eigenvalue weighted by Gasteiger charge is 2.46. The maximum Gasteiger partial charge on any atom is 0.309 e. The third-order valence-corrected chi connectivity index (χ3v) is 8.87. The molecule has 0 aromatic heterocycles. The van der Waals surface area contributed by atoms with Gasteiger partial charge in [-0.1, -0.05) is 50.5 Å². The van der Waals surface area contributed by atoms with E-state index < -0.39 is 17.5 Å². The van der Waals surface area contributed by atoms with Gasteiger partial charge < -0.3 is 15.3 Å². The minimum absolute atomic E-state index is 0.0144. The van der Waals surface area contributed by atoms with Gasteiger partial charge in [0, 0.05) is 17.3 Å². The van der Waals surface area contributed by atoms with Crippen LogP contribution in [0.3, 0.4) is 0 Å². The Balaban J connectivity index is 2.07. The molecule has 2 fully saturated rings. The zero-order valence-corrected chi connectivity index (χ0v) is 21.3. The lowest BCUT2D eigenvalue weighted by Gasteiger charge is -2.37. The predicted molar refractivity (Wildman–Crippen MR) is 130 cm³/mol. The molecule has 3 N–H and O–H groups in total. The van der Waals surface area contributed by atoms with Gasteiger partial charge in [-0.3, -0.25) is 4.79 Å². The Labute approximate surface area is 195 Å². The molecule has 0 aromatic rings. The lowest BCUT2D eigenvalue weighted by atomic mass is 9.66. The summed E-state index contributed by atoms with van der Waals surface area (Å²) in [6, 6.07) is 0. The number of carboxylic acids is 1. The Bertz CT molecular complexity index is 805. The fourth-order valence-electron chi connectivity index (χ4n) is 5.16. The summed E-state index contributed by atoms with van der Waals surface area (Å²) in [5.74, 6) is 6.26. The number of hydrogen-bond donors (Lipinski definition) is 3. The number of carboxylic acid groups (broad SMARTS) is 1. The average molecular weight is 445 g/mol. The first-order chi connectivity index (χ1) is 14.6. The van der Waals surface area contributed by atoms with Crippen LogP contribution in [0.5, 0.6) is 0 Å². The van der Waals surface area contributed by atoms with Crippen LogP contribution in [0.2, 0.25) is 0 Å². The van der Waals surface area contributed by atoms with E-state index in [0.717, 1.165) is 25.7 Å². The Morgan fingerprint density at radius 3 is 2.38 bits per heavy atom. The molecule has 0 heterocycles. The molecule has 0 spiro atoms. The number of allylic oxidation sites excluding steroid dienone is 2. The highest BCUT2D eigenvalue weighted by atomic mass is 16.4. The Hall–Kier alpha value is -1.57. The van der Waals surface area contributed by atoms with E-state index in [1.807, 2.05) is 53.7 Å². The summed E-state index contributed by atoms with van der Waals surface area (Å²) in [6.45, 7) is 15.6. The van der Waals surface area contributed by atoms with Crippen molar-refractivity contribution in [3.05, 3.63) is 23.8 Å². The van der Waals surface area contributed by atoms with Crippen molar-refractivity contribution < 1.29 is 20.1 Å². The maximum atomic E-state index is 11.7. The molecule has 0 amide bonds. The van der Waals surface area contributed by atoms with Crippen LogP contribution in [0.4, 0.5) is 0 Å². The zero-order chi connectivity index (χ0) is 24.5. The van der Waals surface area contributed by atoms with Crippen molar-refractivity contribution in [2.45, 2.75) is 93.3 Å². The van der Waals surface area contributed by atoms with Gasteiger partial charge in [-0.15, -0.1) is 5.92 Å². The first kappa shape index (κ1) is 26.7. The molecule has 1 unspecified atom stereocenters. The summed E-state index contributed by atoms with van der Waals surface area (Å²) in [4.78, 5) is 11.7. The fraction of sp³-hybridized carbons (Fsp3) is 0.750. The molecule has 6 atom stereocenters. The van der Waals surface area contributed by atoms with Crippen LogP contribution in [-0.2, 0) is 4.79 Å². The monoisotopic (exact) mass is 444 g/mol. The SMILES string of the molecule is CC#CC(C)(C)C(C)[C@H](O)/C=C/[C@@H]1[C@H]2C/C(=C/CC(C)(C)C(C)(C)C(=O)O)C[C@H]2C[C@H]1O. The third kappa shape index (κ3) is 5.49. The molecule has 0 aliphatic heterocycles. The van der Waals surface area contributed by atoms with Gasteiger partial charge in [0.15, 0.2) is 0 Å². The Morgan fingerprint density at radius 1 is 1.19 bits per heavy atom. The first-order valence-electron chi connectivity index (χ1n) is 12.0. The molecule has 0 bridgehead atoms. The number of fused-ring (bicyclic) bond motifs is 1. The second-order valence-corrected chi connectivity index (χ2v) is 11.9. The van der Waals surface area contributed by atoms with Crippen LogP contribution < -0.4 is 0 Å². The van der Waals surface area contributed by atoms with E-state index in [9.17, 15) is 20.1 Å². The third-order valence-electron chi connectivity index (χ3n) is 8.87. The highest BCUT2D eigenvalue weighted by molar-refractivity contribution is 5.74. The van der Waals surface area contributed by atoms with Gasteiger partial charge in [0.05, 0.1) is 17.6 Å². The second kappa shape index (κ2) is 9.74. The summed E-state index contributed by atoms with van der Waals surface area (Å²) in [5, 5.41) is 31.0. The fourth-order valence-corrected chi connectivity index (χ4v) is 5.16. The largest absolute Gasteiger partial charge is 0.481 e. The average Bonchev–Trinajstić information content (AvgIpc) is 3.20. The number of hydrogen-bond acceptors (Lipinski definition) is 3. The van der Waals surface area contributed by atoms with E-state index in [1.165, 1.54) is 5.57 Å². The quantitative estimate of drug-likeness (QED) is 0.344. The van der Waals surface area contributed by atoms with E-state index in [4.69, 9.17) is 0 Å². The van der Waals surface area contributed by atoms with Crippen molar-refractivity contribution in [2.24, 2.45) is 39.9 Å². The molecular formula is C28H44O4. The standard InChI is InChI=1S/C28H44O4/c1-9-13-26(3,4)18(2)23(29)11-10-21-22-16-19(15-20(22)17-24(21)30)12-14-27(5,6)28(7,8)25(31)32/h10-12,18,20-24,29-30H,14-17H2,1-8H3,(H,31,32)/b11-10+,19-12+/t18?,20-,21+,22-,23+,24+/m0/s1. The molecule has 0 radical (unpaired) electrons. The van der Waals surface area contributed by atoms with Crippen molar-refractivity contribution in [2.75, 3.05) is 0 Å². The molecule has 0 saturated heterocycles. The van der Waals surface area contributed by atoms with E-state index >= 15 is 0 Å². The molecule has 2 saturated carbocycles. The molecule has 2 rings (SSSR count). The number of aliphatic hydroxyl groups excluding tert-OH is 2. The van der Waals surface area contributed by atoms with Gasteiger partial charge in [0.25, 0.3) is 0 Å². The van der Waals surface area contributed by atoms with Crippen LogP contribution in [0.25, 0.3) is 0 Å². The normalized spacial score (nSPS) is 29.6. The predicted octanol–water partition coefficient (Wildman–Crippen LogP) is 5.45. The van der Waals surface area contributed by atoms with E-state index in [2.05, 4.69) is 17.9 Å². The Morgan fingerprint density at radius 2 is 1.81 bits per heavy atom. The van der Waals surface area contributed by atoms with Gasteiger partial charge in [0.1, 0.15) is 0 Å². The molecule has 32 heavy (non-hydrogen) atoms. The number of rotatable bonds is 8. The smallest absolute Gasteiger partial charge is 0.309 e. The summed E-state index contributed by atoms with van der Waals surface area (Å²) < 4.78 is 0. The molecule has 4 nitrogen and oxygen atoms in total. The Kier molecular flexibility index (Phi) is 8.12. The summed E-state index contributed by atoms with van der Waals surface area (Å²) in [7, 11) is 0. The van der Waals surface area contributed by atoms with Crippen molar-refractivity contribution in [1.82, 2.24) is 0 Å². The van der Waals surface area contributed by atoms with Crippen molar-refractivity contribution >= 4 is 5.97 Å². The molecule has 4 heteroatoms. The second-order valence-electron chi connectivity index (χ2n) is 11.9. The maximum absolute atomic E-state index is 11.7. The van der Waals surface area contributed by atoms with Crippen LogP contribution in [-0.4, -0.2) is 33.5 Å². The van der Waals surface area contributed by atoms with Crippen molar-refractivity contribution in [1.29, 1.82) is 0 Å². The van der Waals surface area contributed by atoms with E-state index in [0.29, 0.717) is 11.8 Å². The minimum Gasteiger partial charge on any atom is -0.481 e. The van der Waals surface area contributed by atoms with Crippen molar-refractivity contribution in [3.8, 4) is 11.8 Å². The summed E-state index contributed by atoms with van der Waals surface area (Å²) in [6.07, 6.45) is 8.62.